The third-order valence-electron chi connectivity index (χ3n) is 2.87. The molecule has 21 heavy (non-hydrogen) atoms. The molecule has 0 bridgehead atoms. The van der Waals surface area contributed by atoms with Gasteiger partial charge in [-0.15, -0.1) is 11.8 Å². The first-order valence-corrected chi connectivity index (χ1v) is 8.18. The highest BCUT2D eigenvalue weighted by Crippen LogP contribution is 2.28. The van der Waals surface area contributed by atoms with Gasteiger partial charge in [-0.2, -0.15) is 5.26 Å². The Morgan fingerprint density at radius 3 is 2.86 bits per heavy atom. The Morgan fingerprint density at radius 2 is 2.19 bits per heavy atom. The molecule has 0 fully saturated rings. The molecule has 0 spiro atoms. The third kappa shape index (κ3) is 4.31. The number of hydrogen-bond donors (Lipinski definition) is 0. The predicted molar refractivity (Wildman–Crippen MR) is 88.1 cm³/mol. The Kier molecular flexibility index (Phi) is 5.80. The van der Waals surface area contributed by atoms with Gasteiger partial charge in [-0.1, -0.05) is 28.1 Å². The lowest BCUT2D eigenvalue weighted by Gasteiger charge is -2.10. The molecule has 0 N–H and O–H groups in total. The minimum absolute atomic E-state index is 0.427. The van der Waals surface area contributed by atoms with E-state index in [4.69, 9.17) is 4.74 Å². The molecule has 0 unspecified atom stereocenters. The molecule has 0 amide bonds. The van der Waals surface area contributed by atoms with E-state index in [-0.39, 0.29) is 0 Å². The van der Waals surface area contributed by atoms with Gasteiger partial charge in [-0.3, -0.25) is 0 Å². The number of halogens is 1. The Labute approximate surface area is 137 Å². The maximum absolute atomic E-state index is 9.39. The zero-order chi connectivity index (χ0) is 15.2. The molecule has 0 aliphatic carbocycles. The molecule has 2 aromatic rings. The second-order valence-corrected chi connectivity index (χ2v) is 6.45. The van der Waals surface area contributed by atoms with Crippen molar-refractivity contribution >= 4 is 27.7 Å². The summed E-state index contributed by atoms with van der Waals surface area (Å²) in [5.74, 6) is 0.775. The van der Waals surface area contributed by atoms with Crippen LogP contribution in [-0.2, 0) is 17.1 Å². The Hall–Kier alpha value is -1.35. The summed E-state index contributed by atoms with van der Waals surface area (Å²) in [5, 5.41) is 10.2. The summed E-state index contributed by atoms with van der Waals surface area (Å²) in [6, 6.07) is 12.3. The number of rotatable bonds is 5. The van der Waals surface area contributed by atoms with Gasteiger partial charge >= 0.3 is 0 Å². The Morgan fingerprint density at radius 1 is 1.38 bits per heavy atom. The van der Waals surface area contributed by atoms with Crippen molar-refractivity contribution in [3.8, 4) is 6.07 Å². The van der Waals surface area contributed by atoms with E-state index in [1.165, 1.54) is 5.56 Å². The van der Waals surface area contributed by atoms with Crippen molar-refractivity contribution in [3.63, 3.8) is 0 Å². The first kappa shape index (κ1) is 16.0. The summed E-state index contributed by atoms with van der Waals surface area (Å²) in [5.41, 5.74) is 3.60. The fraction of sp³-hybridized carbons (Fsp3) is 0.250. The maximum Gasteiger partial charge on any atom is 0.115 e. The molecule has 0 radical (unpaired) electrons. The molecule has 2 rings (SSSR count). The normalized spacial score (nSPS) is 10.4. The topological polar surface area (TPSA) is 45.9 Å². The van der Waals surface area contributed by atoms with E-state index in [1.54, 1.807) is 18.9 Å². The summed E-state index contributed by atoms with van der Waals surface area (Å²) in [6.07, 6.45) is 0. The monoisotopic (exact) mass is 362 g/mol. The molecule has 1 aromatic carbocycles. The number of nitrogens with zero attached hydrogens (tertiary/aromatic N) is 2. The van der Waals surface area contributed by atoms with Crippen molar-refractivity contribution in [3.05, 3.63) is 57.2 Å². The van der Waals surface area contributed by atoms with Gasteiger partial charge in [-0.25, -0.2) is 4.98 Å². The smallest absolute Gasteiger partial charge is 0.115 e. The van der Waals surface area contributed by atoms with Crippen LogP contribution in [0.5, 0.6) is 0 Å². The fourth-order valence-electron chi connectivity index (χ4n) is 1.98. The van der Waals surface area contributed by atoms with Crippen LogP contribution < -0.4 is 0 Å². The van der Waals surface area contributed by atoms with E-state index in [1.807, 2.05) is 25.1 Å². The lowest BCUT2D eigenvalue weighted by molar-refractivity contribution is 0.184. The summed E-state index contributed by atoms with van der Waals surface area (Å²) in [4.78, 5) is 4.50. The quantitative estimate of drug-likeness (QED) is 0.736. The number of ether oxygens (including phenoxy) is 1. The van der Waals surface area contributed by atoms with Gasteiger partial charge in [0.05, 0.1) is 12.2 Å². The molecule has 0 atom stereocenters. The average Bonchev–Trinajstić information content (AvgIpc) is 2.45. The van der Waals surface area contributed by atoms with Crippen LogP contribution in [0, 0.1) is 18.3 Å². The number of aryl methyl sites for hydroxylation is 1. The van der Waals surface area contributed by atoms with Crippen molar-refractivity contribution in [2.24, 2.45) is 0 Å². The molecule has 3 nitrogen and oxygen atoms in total. The van der Waals surface area contributed by atoms with Crippen LogP contribution in [0.15, 0.2) is 39.8 Å². The highest BCUT2D eigenvalue weighted by molar-refractivity contribution is 9.10. The molecule has 0 aliphatic heterocycles. The molecular formula is C16H15BrN2OS. The van der Waals surface area contributed by atoms with E-state index >= 15 is 0 Å². The SMILES string of the molecule is COCc1cc(C)nc(SCc2cccc(Br)c2)c1C#N. The van der Waals surface area contributed by atoms with Crippen molar-refractivity contribution in [1.82, 2.24) is 4.98 Å². The molecular weight excluding hydrogens is 348 g/mol. The maximum atomic E-state index is 9.39. The predicted octanol–water partition coefficient (Wildman–Crippen LogP) is 4.46. The fourth-order valence-corrected chi connectivity index (χ4v) is 3.44. The van der Waals surface area contributed by atoms with E-state index in [0.717, 1.165) is 26.5 Å². The molecule has 1 aromatic heterocycles. The van der Waals surface area contributed by atoms with Crippen LogP contribution in [0.2, 0.25) is 0 Å². The lowest BCUT2D eigenvalue weighted by atomic mass is 10.1. The third-order valence-corrected chi connectivity index (χ3v) is 4.41. The van der Waals surface area contributed by atoms with Crippen LogP contribution in [0.3, 0.4) is 0 Å². The Bertz CT molecular complexity index is 682. The van der Waals surface area contributed by atoms with Crippen LogP contribution in [0.25, 0.3) is 0 Å². The number of aromatic nitrogens is 1. The molecule has 0 saturated carbocycles. The van der Waals surface area contributed by atoms with Crippen LogP contribution in [0.1, 0.15) is 22.4 Å². The lowest BCUT2D eigenvalue weighted by Crippen LogP contribution is -1.99. The highest BCUT2D eigenvalue weighted by atomic mass is 79.9. The second kappa shape index (κ2) is 7.60. The minimum atomic E-state index is 0.427. The number of hydrogen-bond acceptors (Lipinski definition) is 4. The summed E-state index contributed by atoms with van der Waals surface area (Å²) in [7, 11) is 1.63. The first-order chi connectivity index (χ1) is 10.1. The van der Waals surface area contributed by atoms with Crippen molar-refractivity contribution in [1.29, 1.82) is 5.26 Å². The van der Waals surface area contributed by atoms with Crippen molar-refractivity contribution in [2.45, 2.75) is 24.3 Å². The molecule has 0 aliphatic rings. The van der Waals surface area contributed by atoms with E-state index < -0.39 is 0 Å². The van der Waals surface area contributed by atoms with Gasteiger partial charge in [0.2, 0.25) is 0 Å². The van der Waals surface area contributed by atoms with E-state index in [2.05, 4.69) is 39.1 Å². The number of pyridine rings is 1. The molecule has 1 heterocycles. The van der Waals surface area contributed by atoms with Gasteiger partial charge < -0.3 is 4.74 Å². The van der Waals surface area contributed by atoms with Gasteiger partial charge in [0, 0.05) is 23.0 Å². The molecule has 5 heteroatoms. The largest absolute Gasteiger partial charge is 0.380 e. The minimum Gasteiger partial charge on any atom is -0.380 e. The number of methoxy groups -OCH3 is 1. The molecule has 0 saturated heterocycles. The van der Waals surface area contributed by atoms with Gasteiger partial charge in [0.15, 0.2) is 0 Å². The summed E-state index contributed by atoms with van der Waals surface area (Å²) < 4.78 is 6.22. The van der Waals surface area contributed by atoms with Crippen LogP contribution in [-0.4, -0.2) is 12.1 Å². The van der Waals surface area contributed by atoms with Crippen LogP contribution in [0.4, 0.5) is 0 Å². The van der Waals surface area contributed by atoms with Gasteiger partial charge in [-0.05, 0) is 36.2 Å². The zero-order valence-electron chi connectivity index (χ0n) is 11.9. The van der Waals surface area contributed by atoms with Crippen molar-refractivity contribution < 1.29 is 4.74 Å². The van der Waals surface area contributed by atoms with Gasteiger partial charge in [0.1, 0.15) is 11.1 Å². The van der Waals surface area contributed by atoms with E-state index in [9.17, 15) is 5.26 Å². The second-order valence-electron chi connectivity index (χ2n) is 4.57. The summed E-state index contributed by atoms with van der Waals surface area (Å²) >= 11 is 5.04. The average molecular weight is 363 g/mol. The standard InChI is InChI=1S/C16H15BrN2OS/c1-11-6-13(9-20-2)15(8-18)16(19-11)21-10-12-4-3-5-14(17)7-12/h3-7H,9-10H2,1-2H3. The number of thioether (sulfide) groups is 1. The number of benzene rings is 1. The van der Waals surface area contributed by atoms with Crippen LogP contribution >= 0.6 is 27.7 Å². The zero-order valence-corrected chi connectivity index (χ0v) is 14.3. The highest BCUT2D eigenvalue weighted by Gasteiger charge is 2.12. The number of nitriles is 1. The first-order valence-electron chi connectivity index (χ1n) is 6.41. The van der Waals surface area contributed by atoms with Crippen molar-refractivity contribution in [2.75, 3.05) is 7.11 Å². The van der Waals surface area contributed by atoms with E-state index in [0.29, 0.717) is 12.2 Å². The Balaban J connectivity index is 2.25. The summed E-state index contributed by atoms with van der Waals surface area (Å²) in [6.45, 7) is 2.36. The molecule has 108 valence electrons. The van der Waals surface area contributed by atoms with Gasteiger partial charge in [0.25, 0.3) is 0 Å².